The number of nitrogens with zero attached hydrogens (tertiary/aromatic N) is 2. The Balaban J connectivity index is 2.71. The maximum atomic E-state index is 12.1. The lowest BCUT2D eigenvalue weighted by Crippen LogP contribution is -2.34. The molecule has 2 heterocycles. The van der Waals surface area contributed by atoms with Gasteiger partial charge in [0, 0.05) is 24.8 Å². The standard InChI is InChI=1S/C14H12N2O5/c1-7-3-9(13(17)18)5-11(15-7)12-6-10(14(19)20)4-8(2)16(12)21/h3-6H,1-2H3,(H,17,18)(H,19,20). The Kier molecular flexibility index (Phi) is 3.58. The van der Waals surface area contributed by atoms with E-state index in [0.717, 1.165) is 0 Å². The molecule has 0 aliphatic heterocycles. The molecule has 0 amide bonds. The van der Waals surface area contributed by atoms with Gasteiger partial charge in [-0.1, -0.05) is 0 Å². The van der Waals surface area contributed by atoms with Gasteiger partial charge in [-0.05, 0) is 19.1 Å². The van der Waals surface area contributed by atoms with E-state index in [9.17, 15) is 14.8 Å². The van der Waals surface area contributed by atoms with Gasteiger partial charge >= 0.3 is 11.9 Å². The first kappa shape index (κ1) is 14.4. The molecule has 0 atom stereocenters. The Hall–Kier alpha value is -2.96. The number of aryl methyl sites for hydroxylation is 2. The number of hydrogen-bond acceptors (Lipinski definition) is 4. The summed E-state index contributed by atoms with van der Waals surface area (Å²) in [5.41, 5.74) is 0.645. The molecular formula is C14H12N2O5. The first-order valence-corrected chi connectivity index (χ1v) is 5.99. The zero-order chi connectivity index (χ0) is 15.7. The normalized spacial score (nSPS) is 10.4. The summed E-state index contributed by atoms with van der Waals surface area (Å²) in [6.45, 7) is 3.07. The van der Waals surface area contributed by atoms with Gasteiger partial charge in [-0.2, -0.15) is 4.73 Å². The van der Waals surface area contributed by atoms with Gasteiger partial charge in [0.1, 0.15) is 5.69 Å². The van der Waals surface area contributed by atoms with Crippen molar-refractivity contribution >= 4 is 11.9 Å². The van der Waals surface area contributed by atoms with Crippen LogP contribution >= 0.6 is 0 Å². The smallest absolute Gasteiger partial charge is 0.336 e. The predicted molar refractivity (Wildman–Crippen MR) is 72.0 cm³/mol. The van der Waals surface area contributed by atoms with Crippen molar-refractivity contribution in [2.24, 2.45) is 0 Å². The number of aromatic carboxylic acids is 2. The molecule has 2 rings (SSSR count). The summed E-state index contributed by atoms with van der Waals surface area (Å²) in [6, 6.07) is 5.03. The first-order valence-electron chi connectivity index (χ1n) is 5.99. The molecule has 0 saturated carbocycles. The highest BCUT2D eigenvalue weighted by Gasteiger charge is 2.19. The monoisotopic (exact) mass is 288 g/mol. The molecule has 0 spiro atoms. The van der Waals surface area contributed by atoms with E-state index in [1.807, 2.05) is 0 Å². The average Bonchev–Trinajstić information content (AvgIpc) is 2.40. The quantitative estimate of drug-likeness (QED) is 0.651. The highest BCUT2D eigenvalue weighted by molar-refractivity contribution is 5.90. The maximum Gasteiger partial charge on any atom is 0.336 e. The molecule has 0 bridgehead atoms. The van der Waals surface area contributed by atoms with E-state index < -0.39 is 11.9 Å². The topological polar surface area (TPSA) is 114 Å². The number of pyridine rings is 2. The second-order valence-electron chi connectivity index (χ2n) is 4.56. The van der Waals surface area contributed by atoms with Crippen molar-refractivity contribution in [3.8, 4) is 11.4 Å². The Bertz CT molecular complexity index is 755. The third-order valence-electron chi connectivity index (χ3n) is 2.91. The van der Waals surface area contributed by atoms with Crippen LogP contribution in [0.25, 0.3) is 11.4 Å². The van der Waals surface area contributed by atoms with Crippen molar-refractivity contribution < 1.29 is 24.5 Å². The second-order valence-corrected chi connectivity index (χ2v) is 4.56. The molecule has 7 nitrogen and oxygen atoms in total. The van der Waals surface area contributed by atoms with E-state index in [1.165, 1.54) is 31.2 Å². The summed E-state index contributed by atoms with van der Waals surface area (Å²) in [6.07, 6.45) is 0. The number of carboxylic acids is 2. The van der Waals surface area contributed by atoms with Crippen molar-refractivity contribution in [3.05, 3.63) is 52.0 Å². The Morgan fingerprint density at radius 3 is 2.19 bits per heavy atom. The molecule has 21 heavy (non-hydrogen) atoms. The minimum Gasteiger partial charge on any atom is -0.618 e. The summed E-state index contributed by atoms with van der Waals surface area (Å²) >= 11 is 0. The third kappa shape index (κ3) is 2.81. The van der Waals surface area contributed by atoms with E-state index in [4.69, 9.17) is 10.2 Å². The van der Waals surface area contributed by atoms with Crippen molar-refractivity contribution in [2.75, 3.05) is 0 Å². The number of hydrogen-bond donors (Lipinski definition) is 2. The second kappa shape index (κ2) is 5.20. The van der Waals surface area contributed by atoms with Gasteiger partial charge < -0.3 is 15.4 Å². The lowest BCUT2D eigenvalue weighted by molar-refractivity contribution is -0.600. The number of carbonyl (C=O) groups is 2. The van der Waals surface area contributed by atoms with E-state index >= 15 is 0 Å². The number of aromatic nitrogens is 2. The summed E-state index contributed by atoms with van der Waals surface area (Å²) in [5.74, 6) is -2.32. The lowest BCUT2D eigenvalue weighted by Gasteiger charge is -2.09. The first-order chi connectivity index (χ1) is 9.79. The fraction of sp³-hybridized carbons (Fsp3) is 0.143. The van der Waals surface area contributed by atoms with Crippen LogP contribution in [0.5, 0.6) is 0 Å². The lowest BCUT2D eigenvalue weighted by atomic mass is 10.1. The van der Waals surface area contributed by atoms with Crippen LogP contribution in [0, 0.1) is 19.1 Å². The minimum atomic E-state index is -1.17. The van der Waals surface area contributed by atoms with Crippen LogP contribution < -0.4 is 4.73 Å². The SMILES string of the molecule is Cc1cc(C(=O)O)cc(-c2cc(C(=O)O)cc(C)[n+]2[O-])n1. The molecule has 0 radical (unpaired) electrons. The van der Waals surface area contributed by atoms with Crippen LogP contribution in [-0.4, -0.2) is 27.1 Å². The molecule has 0 aliphatic carbocycles. The molecule has 0 aromatic carbocycles. The maximum absolute atomic E-state index is 12.1. The van der Waals surface area contributed by atoms with Crippen molar-refractivity contribution in [1.29, 1.82) is 0 Å². The van der Waals surface area contributed by atoms with Crippen molar-refractivity contribution in [1.82, 2.24) is 4.98 Å². The summed E-state index contributed by atoms with van der Waals surface area (Å²) < 4.78 is 0.528. The summed E-state index contributed by atoms with van der Waals surface area (Å²) in [7, 11) is 0. The van der Waals surface area contributed by atoms with Crippen LogP contribution in [-0.2, 0) is 0 Å². The minimum absolute atomic E-state index is 0.00130. The van der Waals surface area contributed by atoms with Gasteiger partial charge in [0.15, 0.2) is 5.69 Å². The van der Waals surface area contributed by atoms with Crippen LogP contribution in [0.4, 0.5) is 0 Å². The van der Waals surface area contributed by atoms with Crippen LogP contribution in [0.1, 0.15) is 32.1 Å². The van der Waals surface area contributed by atoms with Gasteiger partial charge in [-0.25, -0.2) is 14.6 Å². The number of rotatable bonds is 3. The fourth-order valence-corrected chi connectivity index (χ4v) is 1.95. The molecule has 0 saturated heterocycles. The average molecular weight is 288 g/mol. The molecular weight excluding hydrogens is 276 g/mol. The zero-order valence-corrected chi connectivity index (χ0v) is 11.3. The zero-order valence-electron chi connectivity index (χ0n) is 11.3. The highest BCUT2D eigenvalue weighted by Crippen LogP contribution is 2.18. The highest BCUT2D eigenvalue weighted by atomic mass is 16.5. The van der Waals surface area contributed by atoms with Crippen molar-refractivity contribution in [3.63, 3.8) is 0 Å². The Morgan fingerprint density at radius 2 is 1.62 bits per heavy atom. The molecule has 7 heteroatoms. The molecule has 2 aromatic rings. The van der Waals surface area contributed by atoms with Gasteiger partial charge in [0.05, 0.1) is 11.1 Å². The largest absolute Gasteiger partial charge is 0.618 e. The van der Waals surface area contributed by atoms with Crippen LogP contribution in [0.2, 0.25) is 0 Å². The third-order valence-corrected chi connectivity index (χ3v) is 2.91. The number of carboxylic acid groups (broad SMARTS) is 2. The van der Waals surface area contributed by atoms with E-state index in [-0.39, 0.29) is 28.2 Å². The van der Waals surface area contributed by atoms with E-state index in [0.29, 0.717) is 10.4 Å². The van der Waals surface area contributed by atoms with Gasteiger partial charge in [0.25, 0.3) is 0 Å². The van der Waals surface area contributed by atoms with Gasteiger partial charge in [-0.3, -0.25) is 0 Å². The van der Waals surface area contributed by atoms with Gasteiger partial charge in [-0.15, -0.1) is 0 Å². The van der Waals surface area contributed by atoms with Crippen LogP contribution in [0.3, 0.4) is 0 Å². The molecule has 2 N–H and O–H groups in total. The fourth-order valence-electron chi connectivity index (χ4n) is 1.95. The Morgan fingerprint density at radius 1 is 1.05 bits per heavy atom. The van der Waals surface area contributed by atoms with E-state index in [1.54, 1.807) is 6.92 Å². The summed E-state index contributed by atoms with van der Waals surface area (Å²) in [5, 5.41) is 30.2. The molecule has 0 aliphatic rings. The van der Waals surface area contributed by atoms with Gasteiger partial charge in [0.2, 0.25) is 5.69 Å². The van der Waals surface area contributed by atoms with Crippen molar-refractivity contribution in [2.45, 2.75) is 13.8 Å². The Labute approximate surface area is 119 Å². The molecule has 108 valence electrons. The molecule has 2 aromatic heterocycles. The molecule has 0 unspecified atom stereocenters. The van der Waals surface area contributed by atoms with E-state index in [2.05, 4.69) is 4.98 Å². The predicted octanol–water partition coefficient (Wildman–Crippen LogP) is 1.40. The summed E-state index contributed by atoms with van der Waals surface area (Å²) in [4.78, 5) is 26.2. The van der Waals surface area contributed by atoms with Crippen LogP contribution in [0.15, 0.2) is 24.3 Å². The molecule has 0 fully saturated rings.